The van der Waals surface area contributed by atoms with E-state index in [4.69, 9.17) is 11.0 Å². The zero-order valence-corrected chi connectivity index (χ0v) is 9.40. The number of rotatable bonds is 3. The molecule has 3 heteroatoms. The van der Waals surface area contributed by atoms with E-state index < -0.39 is 0 Å². The average Bonchev–Trinajstić information content (AvgIpc) is 2.57. The molecular formula is C11H21N3. The highest BCUT2D eigenvalue weighted by Gasteiger charge is 2.33. The van der Waals surface area contributed by atoms with Crippen LogP contribution in [0, 0.1) is 17.2 Å². The Bertz CT molecular complexity index is 221. The van der Waals surface area contributed by atoms with E-state index in [1.165, 1.54) is 6.42 Å². The van der Waals surface area contributed by atoms with Crippen molar-refractivity contribution in [3.63, 3.8) is 0 Å². The van der Waals surface area contributed by atoms with Gasteiger partial charge in [-0.1, -0.05) is 13.8 Å². The molecule has 1 aliphatic heterocycles. The van der Waals surface area contributed by atoms with Gasteiger partial charge < -0.3 is 5.73 Å². The molecule has 1 fully saturated rings. The summed E-state index contributed by atoms with van der Waals surface area (Å²) < 4.78 is 0. The quantitative estimate of drug-likeness (QED) is 0.739. The molecule has 0 saturated carbocycles. The highest BCUT2D eigenvalue weighted by Crippen LogP contribution is 2.27. The van der Waals surface area contributed by atoms with E-state index in [0.29, 0.717) is 6.04 Å². The number of nitrogens with two attached hydrogens (primary N) is 1. The van der Waals surface area contributed by atoms with Gasteiger partial charge in [0, 0.05) is 18.6 Å². The summed E-state index contributed by atoms with van der Waals surface area (Å²) in [5.41, 5.74) is 5.76. The Morgan fingerprint density at radius 2 is 2.29 bits per heavy atom. The van der Waals surface area contributed by atoms with Crippen LogP contribution in [0.4, 0.5) is 0 Å². The lowest BCUT2D eigenvalue weighted by Gasteiger charge is -2.31. The van der Waals surface area contributed by atoms with Gasteiger partial charge >= 0.3 is 0 Å². The van der Waals surface area contributed by atoms with Gasteiger partial charge in [0.25, 0.3) is 0 Å². The maximum Gasteiger partial charge on any atom is 0.108 e. The summed E-state index contributed by atoms with van der Waals surface area (Å²) in [6, 6.07) is 2.60. The number of nitriles is 1. The molecule has 0 aromatic carbocycles. The summed E-state index contributed by atoms with van der Waals surface area (Å²) in [5, 5.41) is 8.79. The summed E-state index contributed by atoms with van der Waals surface area (Å²) in [6.45, 7) is 7.64. The molecule has 1 saturated heterocycles. The standard InChI is InChI=1S/C11H21N3/c1-4-10-5-8(2)7-14(10)9(3)11(13)6-12/h8-11H,4-5,7,13H2,1-3H3. The van der Waals surface area contributed by atoms with E-state index in [0.717, 1.165) is 18.9 Å². The molecule has 2 N–H and O–H groups in total. The van der Waals surface area contributed by atoms with E-state index >= 15 is 0 Å². The predicted octanol–water partition coefficient (Wildman–Crippen LogP) is 1.35. The van der Waals surface area contributed by atoms with Gasteiger partial charge in [0.1, 0.15) is 6.04 Å². The Kier molecular flexibility index (Phi) is 3.91. The number of nitrogens with zero attached hydrogens (tertiary/aromatic N) is 2. The van der Waals surface area contributed by atoms with Crippen LogP contribution in [0.15, 0.2) is 0 Å². The molecule has 0 bridgehead atoms. The zero-order valence-electron chi connectivity index (χ0n) is 9.40. The summed E-state index contributed by atoms with van der Waals surface area (Å²) in [6.07, 6.45) is 2.41. The first kappa shape index (κ1) is 11.5. The lowest BCUT2D eigenvalue weighted by atomic mass is 10.1. The van der Waals surface area contributed by atoms with Crippen molar-refractivity contribution in [3.05, 3.63) is 0 Å². The summed E-state index contributed by atoms with van der Waals surface area (Å²) in [4.78, 5) is 2.40. The van der Waals surface area contributed by atoms with Crippen LogP contribution >= 0.6 is 0 Å². The minimum Gasteiger partial charge on any atom is -0.315 e. The lowest BCUT2D eigenvalue weighted by Crippen LogP contribution is -2.47. The van der Waals surface area contributed by atoms with Gasteiger partial charge in [-0.25, -0.2) is 0 Å². The lowest BCUT2D eigenvalue weighted by molar-refractivity contribution is 0.175. The Morgan fingerprint density at radius 1 is 1.64 bits per heavy atom. The summed E-state index contributed by atoms with van der Waals surface area (Å²) >= 11 is 0. The predicted molar refractivity (Wildman–Crippen MR) is 57.6 cm³/mol. The van der Waals surface area contributed by atoms with Crippen molar-refractivity contribution >= 4 is 0 Å². The Labute approximate surface area is 86.9 Å². The van der Waals surface area contributed by atoms with Crippen molar-refractivity contribution in [1.82, 2.24) is 4.90 Å². The van der Waals surface area contributed by atoms with Crippen LogP contribution in [-0.2, 0) is 0 Å². The third-order valence-corrected chi connectivity index (χ3v) is 3.33. The molecule has 3 nitrogen and oxygen atoms in total. The molecule has 0 aliphatic carbocycles. The summed E-state index contributed by atoms with van der Waals surface area (Å²) in [7, 11) is 0. The van der Waals surface area contributed by atoms with E-state index in [2.05, 4.69) is 31.7 Å². The normalized spacial score (nSPS) is 32.5. The van der Waals surface area contributed by atoms with E-state index in [9.17, 15) is 0 Å². The molecule has 4 atom stereocenters. The fraction of sp³-hybridized carbons (Fsp3) is 0.909. The third-order valence-electron chi connectivity index (χ3n) is 3.33. The van der Waals surface area contributed by atoms with Crippen molar-refractivity contribution in [2.45, 2.75) is 51.7 Å². The molecule has 14 heavy (non-hydrogen) atoms. The minimum atomic E-state index is -0.352. The van der Waals surface area contributed by atoms with Crippen LogP contribution in [0.3, 0.4) is 0 Å². The maximum absolute atomic E-state index is 8.79. The van der Waals surface area contributed by atoms with Crippen molar-refractivity contribution < 1.29 is 0 Å². The molecule has 0 spiro atoms. The Morgan fingerprint density at radius 3 is 2.79 bits per heavy atom. The minimum absolute atomic E-state index is 0.190. The molecule has 1 aliphatic rings. The van der Waals surface area contributed by atoms with Crippen LogP contribution in [0.25, 0.3) is 0 Å². The van der Waals surface area contributed by atoms with E-state index in [-0.39, 0.29) is 12.1 Å². The molecule has 4 unspecified atom stereocenters. The van der Waals surface area contributed by atoms with Crippen molar-refractivity contribution in [2.24, 2.45) is 11.7 Å². The summed E-state index contributed by atoms with van der Waals surface area (Å²) in [5.74, 6) is 0.744. The van der Waals surface area contributed by atoms with E-state index in [1.807, 2.05) is 0 Å². The molecular weight excluding hydrogens is 174 g/mol. The van der Waals surface area contributed by atoms with Crippen molar-refractivity contribution in [1.29, 1.82) is 5.26 Å². The van der Waals surface area contributed by atoms with Gasteiger partial charge in [-0.15, -0.1) is 0 Å². The highest BCUT2D eigenvalue weighted by molar-refractivity contribution is 4.98. The topological polar surface area (TPSA) is 53.0 Å². The van der Waals surface area contributed by atoms with Crippen molar-refractivity contribution in [2.75, 3.05) is 6.54 Å². The molecule has 1 heterocycles. The number of likely N-dealkylation sites (tertiary alicyclic amines) is 1. The van der Waals surface area contributed by atoms with Gasteiger partial charge in [0.2, 0.25) is 0 Å². The molecule has 1 rings (SSSR count). The second kappa shape index (κ2) is 4.77. The average molecular weight is 195 g/mol. The first-order chi connectivity index (χ1) is 6.60. The molecule has 0 aromatic heterocycles. The number of hydrogen-bond donors (Lipinski definition) is 1. The van der Waals surface area contributed by atoms with Crippen LogP contribution in [0.2, 0.25) is 0 Å². The molecule has 0 aromatic rings. The first-order valence-corrected chi connectivity index (χ1v) is 5.51. The van der Waals surface area contributed by atoms with Crippen LogP contribution in [0.5, 0.6) is 0 Å². The molecule has 0 amide bonds. The second-order valence-electron chi connectivity index (χ2n) is 4.50. The number of hydrogen-bond acceptors (Lipinski definition) is 3. The SMILES string of the molecule is CCC1CC(C)CN1C(C)C(N)C#N. The van der Waals surface area contributed by atoms with Gasteiger partial charge in [0.15, 0.2) is 0 Å². The van der Waals surface area contributed by atoms with Crippen LogP contribution in [-0.4, -0.2) is 29.6 Å². The van der Waals surface area contributed by atoms with Crippen molar-refractivity contribution in [3.8, 4) is 6.07 Å². The zero-order chi connectivity index (χ0) is 10.7. The van der Waals surface area contributed by atoms with Crippen LogP contribution in [0.1, 0.15) is 33.6 Å². The Hall–Kier alpha value is -0.590. The smallest absolute Gasteiger partial charge is 0.108 e. The van der Waals surface area contributed by atoms with Crippen LogP contribution < -0.4 is 5.73 Å². The second-order valence-corrected chi connectivity index (χ2v) is 4.50. The first-order valence-electron chi connectivity index (χ1n) is 5.51. The van der Waals surface area contributed by atoms with Gasteiger partial charge in [-0.3, -0.25) is 4.90 Å². The largest absolute Gasteiger partial charge is 0.315 e. The Balaban J connectivity index is 2.63. The molecule has 0 radical (unpaired) electrons. The monoisotopic (exact) mass is 195 g/mol. The van der Waals surface area contributed by atoms with E-state index in [1.54, 1.807) is 0 Å². The van der Waals surface area contributed by atoms with Gasteiger partial charge in [-0.05, 0) is 25.7 Å². The van der Waals surface area contributed by atoms with Gasteiger partial charge in [0.05, 0.1) is 6.07 Å². The maximum atomic E-state index is 8.79. The fourth-order valence-electron chi connectivity index (χ4n) is 2.40. The third kappa shape index (κ3) is 2.26. The fourth-order valence-corrected chi connectivity index (χ4v) is 2.40. The van der Waals surface area contributed by atoms with Gasteiger partial charge in [-0.2, -0.15) is 5.26 Å². The molecule has 80 valence electrons. The highest BCUT2D eigenvalue weighted by atomic mass is 15.2.